The van der Waals surface area contributed by atoms with E-state index in [-0.39, 0.29) is 24.5 Å². The molecule has 6 heteroatoms. The number of carbonyl (C=O) groups is 2. The van der Waals surface area contributed by atoms with Crippen LogP contribution in [0.2, 0.25) is 0 Å². The van der Waals surface area contributed by atoms with Crippen LogP contribution >= 0.6 is 0 Å². The molecule has 3 amide bonds. The van der Waals surface area contributed by atoms with Crippen LogP contribution < -0.4 is 15.4 Å². The molecule has 1 saturated carbocycles. The molecule has 1 fully saturated rings. The molecular weight excluding hydrogens is 342 g/mol. The number of carbonyl (C=O) groups excluding carboxylic acids is 2. The highest BCUT2D eigenvalue weighted by Gasteiger charge is 2.23. The van der Waals surface area contributed by atoms with Gasteiger partial charge in [0, 0.05) is 12.6 Å². The molecule has 1 aliphatic carbocycles. The van der Waals surface area contributed by atoms with E-state index in [1.165, 1.54) is 6.42 Å². The third-order valence-electron chi connectivity index (χ3n) is 5.27. The number of imide groups is 1. The predicted octanol–water partition coefficient (Wildman–Crippen LogP) is 3.15. The molecule has 0 aliphatic heterocycles. The Hall–Kier alpha value is -2.08. The number of nitrogens with one attached hydrogen (secondary N) is 2. The second-order valence-corrected chi connectivity index (χ2v) is 7.83. The number of hydrogen-bond acceptors (Lipinski definition) is 4. The van der Waals surface area contributed by atoms with Gasteiger partial charge in [0.1, 0.15) is 5.75 Å². The first-order valence-corrected chi connectivity index (χ1v) is 9.73. The first-order chi connectivity index (χ1) is 12.8. The summed E-state index contributed by atoms with van der Waals surface area (Å²) in [5.74, 6) is 1.07. The zero-order valence-electron chi connectivity index (χ0n) is 17.2. The third kappa shape index (κ3) is 6.24. The summed E-state index contributed by atoms with van der Waals surface area (Å²) >= 11 is 0. The summed E-state index contributed by atoms with van der Waals surface area (Å²) in [7, 11) is 3.54. The molecule has 2 atom stereocenters. The van der Waals surface area contributed by atoms with Crippen molar-refractivity contribution in [3.05, 3.63) is 28.8 Å². The van der Waals surface area contributed by atoms with Gasteiger partial charge in [-0.25, -0.2) is 4.79 Å². The molecule has 2 N–H and O–H groups in total. The Morgan fingerprint density at radius 3 is 2.41 bits per heavy atom. The average molecular weight is 376 g/mol. The highest BCUT2D eigenvalue weighted by Crippen LogP contribution is 2.25. The van der Waals surface area contributed by atoms with Gasteiger partial charge in [0.15, 0.2) is 0 Å². The second kappa shape index (κ2) is 9.74. The Bertz CT molecular complexity index is 652. The zero-order chi connectivity index (χ0) is 20.0. The van der Waals surface area contributed by atoms with E-state index in [0.717, 1.165) is 41.7 Å². The number of likely N-dealkylation sites (N-methyl/N-ethyl adjacent to an activating group) is 1. The van der Waals surface area contributed by atoms with Gasteiger partial charge >= 0.3 is 6.03 Å². The summed E-state index contributed by atoms with van der Waals surface area (Å²) in [4.78, 5) is 26.2. The van der Waals surface area contributed by atoms with Crippen LogP contribution in [-0.2, 0) is 11.3 Å². The quantitative estimate of drug-likeness (QED) is 0.801. The van der Waals surface area contributed by atoms with E-state index in [2.05, 4.69) is 29.7 Å². The van der Waals surface area contributed by atoms with Crippen LogP contribution in [0.1, 0.15) is 49.3 Å². The number of urea groups is 1. The van der Waals surface area contributed by atoms with E-state index in [4.69, 9.17) is 4.74 Å². The monoisotopic (exact) mass is 375 g/mol. The van der Waals surface area contributed by atoms with Crippen LogP contribution in [-0.4, -0.2) is 43.6 Å². The number of methoxy groups -OCH3 is 1. The SMILES string of the molecule is COc1c(C)cc(CN(C)CC(=O)NC(=O)NC2CCCCC2C)cc1C. The Morgan fingerprint density at radius 1 is 1.19 bits per heavy atom. The first-order valence-electron chi connectivity index (χ1n) is 9.73. The summed E-state index contributed by atoms with van der Waals surface area (Å²) in [6.07, 6.45) is 4.46. The van der Waals surface area contributed by atoms with E-state index in [9.17, 15) is 9.59 Å². The molecule has 0 radical (unpaired) electrons. The van der Waals surface area contributed by atoms with Crippen LogP contribution in [0.3, 0.4) is 0 Å². The van der Waals surface area contributed by atoms with Crippen LogP contribution in [0.15, 0.2) is 12.1 Å². The van der Waals surface area contributed by atoms with Crippen molar-refractivity contribution in [2.75, 3.05) is 20.7 Å². The summed E-state index contributed by atoms with van der Waals surface area (Å²) in [5.41, 5.74) is 3.26. The van der Waals surface area contributed by atoms with Crippen molar-refractivity contribution >= 4 is 11.9 Å². The van der Waals surface area contributed by atoms with Gasteiger partial charge in [0.2, 0.25) is 5.91 Å². The molecule has 1 aliphatic rings. The molecule has 2 unspecified atom stereocenters. The second-order valence-electron chi connectivity index (χ2n) is 7.83. The number of ether oxygens (including phenoxy) is 1. The summed E-state index contributed by atoms with van der Waals surface area (Å²) in [6.45, 7) is 6.97. The lowest BCUT2D eigenvalue weighted by atomic mass is 9.86. The highest BCUT2D eigenvalue weighted by atomic mass is 16.5. The van der Waals surface area contributed by atoms with Crippen LogP contribution in [0, 0.1) is 19.8 Å². The van der Waals surface area contributed by atoms with Crippen molar-refractivity contribution in [1.82, 2.24) is 15.5 Å². The molecule has 150 valence electrons. The van der Waals surface area contributed by atoms with Gasteiger partial charge in [-0.15, -0.1) is 0 Å². The number of aryl methyl sites for hydroxylation is 2. The van der Waals surface area contributed by atoms with E-state index in [1.807, 2.05) is 25.8 Å². The van der Waals surface area contributed by atoms with E-state index < -0.39 is 0 Å². The molecule has 0 bridgehead atoms. The summed E-state index contributed by atoms with van der Waals surface area (Å²) in [6, 6.07) is 3.91. The molecule has 1 aromatic rings. The zero-order valence-corrected chi connectivity index (χ0v) is 17.2. The Kier molecular flexibility index (Phi) is 7.66. The minimum absolute atomic E-state index is 0.162. The van der Waals surface area contributed by atoms with Gasteiger partial charge in [0.05, 0.1) is 13.7 Å². The fourth-order valence-electron chi connectivity index (χ4n) is 3.97. The fraction of sp³-hybridized carbons (Fsp3) is 0.619. The maximum atomic E-state index is 12.2. The predicted molar refractivity (Wildman–Crippen MR) is 107 cm³/mol. The number of hydrogen-bond donors (Lipinski definition) is 2. The molecule has 0 spiro atoms. The van der Waals surface area contributed by atoms with Gasteiger partial charge < -0.3 is 10.1 Å². The molecule has 27 heavy (non-hydrogen) atoms. The fourth-order valence-corrected chi connectivity index (χ4v) is 3.97. The maximum Gasteiger partial charge on any atom is 0.321 e. The first kappa shape index (κ1) is 21.2. The van der Waals surface area contributed by atoms with Crippen molar-refractivity contribution in [1.29, 1.82) is 0 Å². The Morgan fingerprint density at radius 2 is 1.81 bits per heavy atom. The summed E-state index contributed by atoms with van der Waals surface area (Å²) in [5, 5.41) is 5.40. The minimum Gasteiger partial charge on any atom is -0.496 e. The van der Waals surface area contributed by atoms with Crippen molar-refractivity contribution in [2.45, 2.75) is 59.0 Å². The number of rotatable bonds is 6. The normalized spacial score (nSPS) is 19.6. The van der Waals surface area contributed by atoms with Crippen LogP contribution in [0.5, 0.6) is 5.75 Å². The lowest BCUT2D eigenvalue weighted by molar-refractivity contribution is -0.121. The number of benzene rings is 1. The van der Waals surface area contributed by atoms with E-state index >= 15 is 0 Å². The van der Waals surface area contributed by atoms with E-state index in [1.54, 1.807) is 7.11 Å². The van der Waals surface area contributed by atoms with Crippen molar-refractivity contribution in [2.24, 2.45) is 5.92 Å². The van der Waals surface area contributed by atoms with Crippen LogP contribution in [0.4, 0.5) is 4.79 Å². The number of amides is 3. The van der Waals surface area contributed by atoms with Crippen LogP contribution in [0.25, 0.3) is 0 Å². The summed E-state index contributed by atoms with van der Waals surface area (Å²) < 4.78 is 5.39. The maximum absolute atomic E-state index is 12.2. The third-order valence-corrected chi connectivity index (χ3v) is 5.27. The highest BCUT2D eigenvalue weighted by molar-refractivity contribution is 5.95. The molecule has 1 aromatic carbocycles. The minimum atomic E-state index is -0.386. The lowest BCUT2D eigenvalue weighted by Gasteiger charge is -2.29. The van der Waals surface area contributed by atoms with Crippen molar-refractivity contribution in [3.63, 3.8) is 0 Å². The lowest BCUT2D eigenvalue weighted by Crippen LogP contribution is -2.49. The average Bonchev–Trinajstić information content (AvgIpc) is 2.56. The van der Waals surface area contributed by atoms with Gasteiger partial charge in [-0.05, 0) is 56.3 Å². The van der Waals surface area contributed by atoms with E-state index in [0.29, 0.717) is 12.5 Å². The largest absolute Gasteiger partial charge is 0.496 e. The van der Waals surface area contributed by atoms with Crippen molar-refractivity contribution < 1.29 is 14.3 Å². The molecule has 2 rings (SSSR count). The topological polar surface area (TPSA) is 70.7 Å². The van der Waals surface area contributed by atoms with Crippen molar-refractivity contribution in [3.8, 4) is 5.75 Å². The molecule has 0 saturated heterocycles. The van der Waals surface area contributed by atoms with Gasteiger partial charge in [-0.3, -0.25) is 15.0 Å². The number of nitrogens with zero attached hydrogens (tertiary/aromatic N) is 1. The van der Waals surface area contributed by atoms with Gasteiger partial charge in [0.25, 0.3) is 0 Å². The molecule has 0 heterocycles. The Balaban J connectivity index is 1.82. The molecular formula is C21H33N3O3. The smallest absolute Gasteiger partial charge is 0.321 e. The Labute approximate surface area is 162 Å². The standard InChI is InChI=1S/C21H33N3O3/c1-14-8-6-7-9-18(14)22-21(26)23-19(25)13-24(4)12-17-10-15(2)20(27-5)16(3)11-17/h10-11,14,18H,6-9,12-13H2,1-5H3,(H2,22,23,25,26). The van der Waals surface area contributed by atoms with Gasteiger partial charge in [-0.1, -0.05) is 31.9 Å². The molecule has 6 nitrogen and oxygen atoms in total. The van der Waals surface area contributed by atoms with Gasteiger partial charge in [-0.2, -0.15) is 0 Å². The molecule has 0 aromatic heterocycles.